The number of hydrogen-bond acceptors (Lipinski definition) is 7. The molecule has 1 unspecified atom stereocenters. The summed E-state index contributed by atoms with van der Waals surface area (Å²) < 4.78 is 30.4. The summed E-state index contributed by atoms with van der Waals surface area (Å²) in [5.74, 6) is 0.296. The Kier molecular flexibility index (Phi) is 8.88. The lowest BCUT2D eigenvalue weighted by Gasteiger charge is -2.43. The second kappa shape index (κ2) is 11.4. The molecule has 3 atom stereocenters. The van der Waals surface area contributed by atoms with Crippen LogP contribution in [0.15, 0.2) is 30.3 Å². The van der Waals surface area contributed by atoms with E-state index in [1.54, 1.807) is 31.2 Å². The van der Waals surface area contributed by atoms with Crippen molar-refractivity contribution in [2.24, 2.45) is 11.8 Å². The van der Waals surface area contributed by atoms with Crippen molar-refractivity contribution in [2.75, 3.05) is 26.3 Å². The largest absolute Gasteiger partial charge is 0.464 e. The molecule has 178 valence electrons. The van der Waals surface area contributed by atoms with Gasteiger partial charge in [-0.15, -0.1) is 0 Å². The van der Waals surface area contributed by atoms with Crippen LogP contribution in [0.25, 0.3) is 0 Å². The third kappa shape index (κ3) is 6.41. The van der Waals surface area contributed by atoms with E-state index in [4.69, 9.17) is 13.8 Å². The lowest BCUT2D eigenvalue weighted by molar-refractivity contribution is -0.147. The number of piperidine rings is 3. The minimum Gasteiger partial charge on any atom is -0.464 e. The van der Waals surface area contributed by atoms with Gasteiger partial charge in [0.1, 0.15) is 11.8 Å². The fourth-order valence-corrected chi connectivity index (χ4v) is 5.65. The SMILES string of the molecule is CCC(CC)COC(=O)[C@H](C)NP(=O)(OC[C@H]1C(=O)C2CCN1CC2)Oc1ccccc1. The number of esters is 1. The quantitative estimate of drug-likeness (QED) is 0.367. The number of nitrogens with zero attached hydrogens (tertiary/aromatic N) is 1. The Bertz CT molecular complexity index is 808. The topological polar surface area (TPSA) is 94.2 Å². The van der Waals surface area contributed by atoms with Crippen LogP contribution in [-0.4, -0.2) is 55.0 Å². The van der Waals surface area contributed by atoms with Crippen LogP contribution < -0.4 is 9.61 Å². The van der Waals surface area contributed by atoms with E-state index in [0.717, 1.165) is 38.8 Å². The van der Waals surface area contributed by atoms with Crippen LogP contribution in [0, 0.1) is 11.8 Å². The van der Waals surface area contributed by atoms with Crippen molar-refractivity contribution in [1.29, 1.82) is 0 Å². The lowest BCUT2D eigenvalue weighted by atomic mass is 9.82. The number of carbonyl (C=O) groups excluding carboxylic acids is 2. The molecular weight excluding hydrogens is 431 g/mol. The van der Waals surface area contributed by atoms with Gasteiger partial charge in [0.05, 0.1) is 19.3 Å². The van der Waals surface area contributed by atoms with Crippen LogP contribution in [0.1, 0.15) is 46.5 Å². The molecule has 0 aromatic heterocycles. The fourth-order valence-electron chi connectivity index (χ4n) is 4.15. The number of ether oxygens (including phenoxy) is 1. The number of fused-ring (bicyclic) bond motifs is 3. The van der Waals surface area contributed by atoms with Gasteiger partial charge in [-0.3, -0.25) is 19.0 Å². The van der Waals surface area contributed by atoms with E-state index in [9.17, 15) is 14.2 Å². The highest BCUT2D eigenvalue weighted by atomic mass is 31.2. The Hall–Kier alpha value is -1.73. The van der Waals surface area contributed by atoms with Gasteiger partial charge in [-0.2, -0.15) is 5.09 Å². The van der Waals surface area contributed by atoms with Gasteiger partial charge in [-0.25, -0.2) is 4.57 Å². The van der Waals surface area contributed by atoms with Gasteiger partial charge in [-0.05, 0) is 50.9 Å². The summed E-state index contributed by atoms with van der Waals surface area (Å²) in [5, 5.41) is 2.71. The van der Waals surface area contributed by atoms with Crippen LogP contribution >= 0.6 is 7.75 Å². The molecule has 8 nitrogen and oxygen atoms in total. The molecule has 2 bridgehead atoms. The van der Waals surface area contributed by atoms with Gasteiger partial charge in [0.25, 0.3) is 0 Å². The monoisotopic (exact) mass is 466 g/mol. The van der Waals surface area contributed by atoms with Crippen molar-refractivity contribution in [3.63, 3.8) is 0 Å². The van der Waals surface area contributed by atoms with Crippen LogP contribution in [0.2, 0.25) is 0 Å². The van der Waals surface area contributed by atoms with Crippen LogP contribution in [0.4, 0.5) is 0 Å². The zero-order chi connectivity index (χ0) is 23.1. The first-order valence-corrected chi connectivity index (χ1v) is 13.1. The molecule has 0 radical (unpaired) electrons. The van der Waals surface area contributed by atoms with Crippen LogP contribution in [0.5, 0.6) is 5.75 Å². The molecule has 0 spiro atoms. The van der Waals surface area contributed by atoms with Crippen molar-refractivity contribution >= 4 is 19.5 Å². The highest BCUT2D eigenvalue weighted by Gasteiger charge is 2.43. The molecule has 9 heteroatoms. The molecule has 4 rings (SSSR count). The summed E-state index contributed by atoms with van der Waals surface area (Å²) in [5.41, 5.74) is 0. The zero-order valence-electron chi connectivity index (χ0n) is 19.2. The maximum atomic E-state index is 13.6. The highest BCUT2D eigenvalue weighted by molar-refractivity contribution is 7.52. The van der Waals surface area contributed by atoms with Gasteiger partial charge in [0, 0.05) is 5.92 Å². The number of nitrogens with one attached hydrogen (secondary N) is 1. The first-order valence-electron chi connectivity index (χ1n) is 11.6. The maximum Gasteiger partial charge on any atom is 0.459 e. The fraction of sp³-hybridized carbons (Fsp3) is 0.652. The second-order valence-corrected chi connectivity index (χ2v) is 10.3. The smallest absolute Gasteiger partial charge is 0.459 e. The van der Waals surface area contributed by atoms with Crippen LogP contribution in [0.3, 0.4) is 0 Å². The second-order valence-electron chi connectivity index (χ2n) is 8.59. The molecule has 0 saturated carbocycles. The molecule has 3 aliphatic rings. The van der Waals surface area contributed by atoms with Crippen LogP contribution in [-0.2, 0) is 23.4 Å². The Labute approximate surface area is 190 Å². The number of carbonyl (C=O) groups is 2. The molecular formula is C23H35N2O6P. The predicted octanol–water partition coefficient (Wildman–Crippen LogP) is 3.81. The van der Waals surface area contributed by atoms with Gasteiger partial charge in [0.2, 0.25) is 0 Å². The van der Waals surface area contributed by atoms with E-state index < -0.39 is 25.8 Å². The maximum absolute atomic E-state index is 13.6. The molecule has 1 aromatic rings. The average molecular weight is 467 g/mol. The first kappa shape index (κ1) is 24.9. The van der Waals surface area contributed by atoms with E-state index in [1.807, 2.05) is 6.07 Å². The summed E-state index contributed by atoms with van der Waals surface area (Å²) in [7, 11) is -3.96. The zero-order valence-corrected chi connectivity index (χ0v) is 20.1. The van der Waals surface area contributed by atoms with Gasteiger partial charge in [0.15, 0.2) is 5.78 Å². The number of ketones is 1. The van der Waals surface area contributed by atoms with Crippen molar-refractivity contribution < 1.29 is 27.9 Å². The number of benzene rings is 1. The van der Waals surface area contributed by atoms with E-state index in [2.05, 4.69) is 23.8 Å². The Morgan fingerprint density at radius 2 is 1.84 bits per heavy atom. The molecule has 1 aromatic carbocycles. The van der Waals surface area contributed by atoms with E-state index in [1.165, 1.54) is 0 Å². The number of rotatable bonds is 12. The molecule has 3 heterocycles. The summed E-state index contributed by atoms with van der Waals surface area (Å²) in [4.78, 5) is 27.2. The normalized spacial score (nSPS) is 25.4. The number of Topliss-reactive ketones (excluding diaryl/α,β-unsaturated/α-hetero) is 1. The van der Waals surface area contributed by atoms with E-state index in [-0.39, 0.29) is 24.2 Å². The molecule has 1 N–H and O–H groups in total. The molecule has 32 heavy (non-hydrogen) atoms. The van der Waals surface area contributed by atoms with Gasteiger partial charge < -0.3 is 9.26 Å². The Morgan fingerprint density at radius 3 is 2.44 bits per heavy atom. The lowest BCUT2D eigenvalue weighted by Crippen LogP contribution is -2.57. The van der Waals surface area contributed by atoms with Crippen molar-refractivity contribution in [3.05, 3.63) is 30.3 Å². The third-order valence-electron chi connectivity index (χ3n) is 6.39. The minimum atomic E-state index is -3.96. The molecule has 0 amide bonds. The minimum absolute atomic E-state index is 0.0509. The van der Waals surface area contributed by atoms with Gasteiger partial charge >= 0.3 is 13.7 Å². The molecule has 3 saturated heterocycles. The Balaban J connectivity index is 1.66. The number of hydrogen-bond donors (Lipinski definition) is 1. The molecule has 0 aliphatic carbocycles. The molecule has 3 fully saturated rings. The first-order chi connectivity index (χ1) is 15.3. The Morgan fingerprint density at radius 1 is 1.19 bits per heavy atom. The number of para-hydroxylation sites is 1. The predicted molar refractivity (Wildman–Crippen MR) is 121 cm³/mol. The summed E-state index contributed by atoms with van der Waals surface area (Å²) in [6.07, 6.45) is 3.56. The standard InChI is InChI=1S/C23H35N2O6P/c1-4-18(5-2)15-29-23(27)17(3)24-32(28,31-20-9-7-6-8-10-20)30-16-21-22(26)19-11-13-25(21)14-12-19/h6-10,17-19,21H,4-5,11-16H2,1-3H3,(H,24,28)/t17-,21-,32?/m0/s1. The summed E-state index contributed by atoms with van der Waals surface area (Å²) in [6, 6.07) is 7.29. The van der Waals surface area contributed by atoms with Crippen molar-refractivity contribution in [2.45, 2.75) is 58.5 Å². The van der Waals surface area contributed by atoms with Crippen molar-refractivity contribution in [1.82, 2.24) is 9.99 Å². The molecule has 3 aliphatic heterocycles. The average Bonchev–Trinajstić information content (AvgIpc) is 2.80. The van der Waals surface area contributed by atoms with Crippen molar-refractivity contribution in [3.8, 4) is 5.75 Å². The highest BCUT2D eigenvalue weighted by Crippen LogP contribution is 2.45. The van der Waals surface area contributed by atoms with E-state index >= 15 is 0 Å². The van der Waals surface area contributed by atoms with Gasteiger partial charge in [-0.1, -0.05) is 44.9 Å². The summed E-state index contributed by atoms with van der Waals surface area (Å²) in [6.45, 7) is 7.60. The third-order valence-corrected chi connectivity index (χ3v) is 8.04. The van der Waals surface area contributed by atoms with E-state index in [0.29, 0.717) is 12.4 Å². The summed E-state index contributed by atoms with van der Waals surface area (Å²) >= 11 is 0.